The maximum absolute atomic E-state index is 10.7. The summed E-state index contributed by atoms with van der Waals surface area (Å²) in [4.78, 5) is 3.06. The number of aromatic hydroxyl groups is 1. The van der Waals surface area contributed by atoms with E-state index in [0.717, 1.165) is 50.1 Å². The molecule has 0 atom stereocenters. The second-order valence-electron chi connectivity index (χ2n) is 7.73. The maximum Gasteiger partial charge on any atom is 0.197 e. The number of aromatic amines is 1. The number of aryl methyl sites for hydroxylation is 1. The third-order valence-electron chi connectivity index (χ3n) is 6.19. The van der Waals surface area contributed by atoms with Gasteiger partial charge in [-0.2, -0.15) is 0 Å². The summed E-state index contributed by atoms with van der Waals surface area (Å²) in [5.74, 6) is 0.223. The lowest BCUT2D eigenvalue weighted by molar-refractivity contribution is 0.281. The summed E-state index contributed by atoms with van der Waals surface area (Å²) in [6.07, 6.45) is 3.47. The van der Waals surface area contributed by atoms with Crippen molar-refractivity contribution in [1.29, 1.82) is 0 Å². The highest BCUT2D eigenvalue weighted by molar-refractivity contribution is 9.10. The number of hydrogen-bond donors (Lipinski definition) is 3. The Morgan fingerprint density at radius 3 is 2.79 bits per heavy atom. The van der Waals surface area contributed by atoms with Crippen LogP contribution >= 0.6 is 15.9 Å². The molecule has 0 unspecified atom stereocenters. The average Bonchev–Trinajstić information content (AvgIpc) is 3.37. The van der Waals surface area contributed by atoms with E-state index < -0.39 is 0 Å². The molecule has 0 saturated carbocycles. The second-order valence-corrected chi connectivity index (χ2v) is 8.64. The Morgan fingerprint density at radius 1 is 1.07 bits per heavy atom. The summed E-state index contributed by atoms with van der Waals surface area (Å²) in [7, 11) is 0. The lowest BCUT2D eigenvalue weighted by Gasteiger charge is -2.11. The summed E-state index contributed by atoms with van der Waals surface area (Å²) in [6.45, 7) is 0.913. The van der Waals surface area contributed by atoms with Crippen LogP contribution in [0.25, 0.3) is 43.7 Å². The Kier molecular flexibility index (Phi) is 3.61. The van der Waals surface area contributed by atoms with E-state index in [1.807, 2.05) is 6.20 Å². The number of fused-ring (bicyclic) bond motifs is 10. The molecule has 6 rings (SSSR count). The van der Waals surface area contributed by atoms with Crippen LogP contribution in [0.3, 0.4) is 0 Å². The van der Waals surface area contributed by atoms with E-state index in [0.29, 0.717) is 6.42 Å². The minimum absolute atomic E-state index is 0.160. The van der Waals surface area contributed by atoms with Gasteiger partial charge in [0.05, 0.1) is 10.9 Å². The van der Waals surface area contributed by atoms with Crippen LogP contribution in [-0.2, 0) is 13.0 Å². The molecule has 0 radical (unpaired) electrons. The van der Waals surface area contributed by atoms with Crippen LogP contribution in [0.2, 0.25) is 0 Å². The highest BCUT2D eigenvalue weighted by atomic mass is 79.9. The van der Waals surface area contributed by atoms with Crippen LogP contribution in [0, 0.1) is 0 Å². The van der Waals surface area contributed by atoms with Gasteiger partial charge in [-0.05, 0) is 41.3 Å². The predicted octanol–water partition coefficient (Wildman–Crippen LogP) is 5.70. The number of rotatable bonds is 3. The van der Waals surface area contributed by atoms with Crippen LogP contribution in [0.1, 0.15) is 17.5 Å². The van der Waals surface area contributed by atoms with E-state index in [9.17, 15) is 10.2 Å². The van der Waals surface area contributed by atoms with Gasteiger partial charge in [-0.1, -0.05) is 40.2 Å². The van der Waals surface area contributed by atoms with Crippen LogP contribution < -0.4 is 0 Å². The highest BCUT2D eigenvalue weighted by Crippen LogP contribution is 2.50. The minimum Gasteiger partial charge on any atom is -0.494 e. The number of aliphatic hydroxyl groups excluding tert-OH is 1. The van der Waals surface area contributed by atoms with Gasteiger partial charge in [-0.15, -0.1) is 0 Å². The van der Waals surface area contributed by atoms with Gasteiger partial charge in [0.1, 0.15) is 0 Å². The van der Waals surface area contributed by atoms with Gasteiger partial charge < -0.3 is 19.8 Å². The molecular weight excluding hydrogens is 428 g/mol. The fourth-order valence-electron chi connectivity index (χ4n) is 5.08. The SMILES string of the molecule is OCCCn1c2ccc(Br)cc2c2c3c[nH]c(O)c3c3c(c21)Cc1ccccc1-3. The number of H-pyrrole nitrogens is 1. The van der Waals surface area contributed by atoms with Crippen molar-refractivity contribution in [2.75, 3.05) is 6.61 Å². The summed E-state index contributed by atoms with van der Waals surface area (Å²) in [5, 5.41) is 24.5. The Balaban J connectivity index is 1.88. The normalized spacial score (nSPS) is 12.9. The number of benzene rings is 3. The minimum atomic E-state index is 0.160. The molecule has 3 N–H and O–H groups in total. The first-order valence-corrected chi connectivity index (χ1v) is 10.6. The summed E-state index contributed by atoms with van der Waals surface area (Å²) in [6, 6.07) is 14.8. The Morgan fingerprint density at radius 2 is 1.93 bits per heavy atom. The molecule has 2 heterocycles. The first kappa shape index (κ1) is 17.1. The molecule has 5 heteroatoms. The van der Waals surface area contributed by atoms with E-state index >= 15 is 0 Å². The van der Waals surface area contributed by atoms with E-state index in [-0.39, 0.29) is 12.5 Å². The first-order chi connectivity index (χ1) is 14.2. The number of nitrogens with one attached hydrogen (secondary N) is 1. The van der Waals surface area contributed by atoms with E-state index in [1.54, 1.807) is 0 Å². The lowest BCUT2D eigenvalue weighted by Crippen LogP contribution is -2.02. The third kappa shape index (κ3) is 2.23. The molecule has 2 aromatic heterocycles. The predicted molar refractivity (Wildman–Crippen MR) is 121 cm³/mol. The molecular formula is C24H19BrN2O2. The third-order valence-corrected chi connectivity index (χ3v) is 6.68. The molecule has 0 aliphatic heterocycles. The smallest absolute Gasteiger partial charge is 0.197 e. The first-order valence-electron chi connectivity index (χ1n) is 9.84. The average molecular weight is 447 g/mol. The van der Waals surface area contributed by atoms with Crippen molar-refractivity contribution in [1.82, 2.24) is 9.55 Å². The van der Waals surface area contributed by atoms with Gasteiger partial charge in [0.15, 0.2) is 5.88 Å². The second kappa shape index (κ2) is 6.12. The van der Waals surface area contributed by atoms with Crippen LogP contribution in [-0.4, -0.2) is 26.4 Å². The Hall–Kier alpha value is -2.76. The molecule has 0 spiro atoms. The van der Waals surface area contributed by atoms with Crippen molar-refractivity contribution >= 4 is 48.5 Å². The summed E-state index contributed by atoms with van der Waals surface area (Å²) in [5.41, 5.74) is 7.25. The molecule has 0 bridgehead atoms. The van der Waals surface area contributed by atoms with Crippen LogP contribution in [0.5, 0.6) is 5.88 Å². The summed E-state index contributed by atoms with van der Waals surface area (Å²) < 4.78 is 3.38. The van der Waals surface area contributed by atoms with Crippen molar-refractivity contribution < 1.29 is 10.2 Å². The molecule has 0 amide bonds. The molecule has 29 heavy (non-hydrogen) atoms. The van der Waals surface area contributed by atoms with Crippen molar-refractivity contribution in [3.8, 4) is 17.0 Å². The van der Waals surface area contributed by atoms with E-state index in [4.69, 9.17) is 0 Å². The molecule has 1 aliphatic carbocycles. The monoisotopic (exact) mass is 446 g/mol. The molecule has 3 aromatic carbocycles. The van der Waals surface area contributed by atoms with Gasteiger partial charge in [-0.3, -0.25) is 0 Å². The number of nitrogens with zero attached hydrogens (tertiary/aromatic N) is 1. The number of halogens is 1. The maximum atomic E-state index is 10.7. The zero-order valence-electron chi connectivity index (χ0n) is 15.7. The molecule has 0 fully saturated rings. The molecule has 144 valence electrons. The lowest BCUT2D eigenvalue weighted by atomic mass is 9.96. The Labute approximate surface area is 175 Å². The number of hydrogen-bond acceptors (Lipinski definition) is 2. The van der Waals surface area contributed by atoms with Gasteiger partial charge >= 0.3 is 0 Å². The van der Waals surface area contributed by atoms with Crippen molar-refractivity contribution in [2.45, 2.75) is 19.4 Å². The van der Waals surface area contributed by atoms with Gasteiger partial charge in [0.25, 0.3) is 0 Å². The topological polar surface area (TPSA) is 61.2 Å². The molecule has 5 aromatic rings. The quantitative estimate of drug-likeness (QED) is 0.326. The molecule has 1 aliphatic rings. The molecule has 4 nitrogen and oxygen atoms in total. The van der Waals surface area contributed by atoms with Crippen molar-refractivity contribution in [2.24, 2.45) is 0 Å². The largest absolute Gasteiger partial charge is 0.494 e. The molecule has 0 saturated heterocycles. The standard InChI is InChI=1S/C24H19BrN2O2/c25-14-6-7-19-16(11-14)21-18-12-26-24(29)22(18)20-15-5-2-1-4-13(15)10-17(20)23(21)27(19)8-3-9-28/h1-2,4-7,11-12,26,28-29H,3,8-10H2. The van der Waals surface area contributed by atoms with Gasteiger partial charge in [0.2, 0.25) is 0 Å². The van der Waals surface area contributed by atoms with Gasteiger partial charge in [-0.25, -0.2) is 0 Å². The van der Waals surface area contributed by atoms with Crippen LogP contribution in [0.15, 0.2) is 53.1 Å². The zero-order valence-corrected chi connectivity index (χ0v) is 17.3. The van der Waals surface area contributed by atoms with Crippen molar-refractivity contribution in [3.63, 3.8) is 0 Å². The zero-order chi connectivity index (χ0) is 19.7. The number of aliphatic hydroxyl groups is 1. The fourth-order valence-corrected chi connectivity index (χ4v) is 5.45. The Bertz CT molecular complexity index is 1440. The van der Waals surface area contributed by atoms with Crippen molar-refractivity contribution in [3.05, 3.63) is 64.3 Å². The van der Waals surface area contributed by atoms with Crippen LogP contribution in [0.4, 0.5) is 0 Å². The fraction of sp³-hybridized carbons (Fsp3) is 0.167. The summed E-state index contributed by atoms with van der Waals surface area (Å²) >= 11 is 3.63. The number of aromatic nitrogens is 2. The highest BCUT2D eigenvalue weighted by Gasteiger charge is 2.29. The van der Waals surface area contributed by atoms with Gasteiger partial charge in [0, 0.05) is 57.5 Å². The van der Waals surface area contributed by atoms with E-state index in [1.165, 1.54) is 22.2 Å². The van der Waals surface area contributed by atoms with E-state index in [2.05, 4.69) is 67.9 Å².